The molecular formula is C29H24N2O5S. The number of aromatic nitrogens is 1. The van der Waals surface area contributed by atoms with Crippen molar-refractivity contribution in [1.82, 2.24) is 4.98 Å². The lowest BCUT2D eigenvalue weighted by molar-refractivity contribution is -0.132. The van der Waals surface area contributed by atoms with Gasteiger partial charge in [-0.3, -0.25) is 14.5 Å². The summed E-state index contributed by atoms with van der Waals surface area (Å²) in [4.78, 5) is 33.0. The minimum atomic E-state index is -0.823. The number of thiazole rings is 1. The molecule has 1 aromatic heterocycles. The number of amides is 1. The molecule has 1 saturated heterocycles. The summed E-state index contributed by atoms with van der Waals surface area (Å²) in [5, 5.41) is 11.8. The van der Waals surface area contributed by atoms with Gasteiger partial charge in [-0.2, -0.15) is 0 Å². The molecule has 0 saturated carbocycles. The van der Waals surface area contributed by atoms with E-state index in [4.69, 9.17) is 9.47 Å². The molecule has 37 heavy (non-hydrogen) atoms. The summed E-state index contributed by atoms with van der Waals surface area (Å²) in [7, 11) is 0. The molecule has 0 unspecified atom stereocenters. The number of ketones is 1. The highest BCUT2D eigenvalue weighted by atomic mass is 32.1. The van der Waals surface area contributed by atoms with Crippen molar-refractivity contribution in [3.8, 4) is 11.5 Å². The van der Waals surface area contributed by atoms with Crippen LogP contribution >= 0.6 is 11.3 Å². The topological polar surface area (TPSA) is 89.0 Å². The van der Waals surface area contributed by atoms with Gasteiger partial charge in [0.15, 0.2) is 5.13 Å². The van der Waals surface area contributed by atoms with Crippen molar-refractivity contribution in [2.45, 2.75) is 32.4 Å². The van der Waals surface area contributed by atoms with E-state index in [1.807, 2.05) is 68.4 Å². The Morgan fingerprint density at radius 3 is 2.73 bits per heavy atom. The Labute approximate surface area is 217 Å². The highest BCUT2D eigenvalue weighted by molar-refractivity contribution is 7.22. The van der Waals surface area contributed by atoms with Gasteiger partial charge in [-0.15, -0.1) is 0 Å². The largest absolute Gasteiger partial charge is 0.507 e. The van der Waals surface area contributed by atoms with Gasteiger partial charge in [0.25, 0.3) is 5.78 Å². The van der Waals surface area contributed by atoms with Gasteiger partial charge in [-0.05, 0) is 61.4 Å². The third-order valence-electron chi connectivity index (χ3n) is 6.59. The molecule has 1 N–H and O–H groups in total. The van der Waals surface area contributed by atoms with Gasteiger partial charge in [-0.1, -0.05) is 41.7 Å². The first-order chi connectivity index (χ1) is 17.9. The number of hydrogen-bond acceptors (Lipinski definition) is 7. The first kappa shape index (κ1) is 23.2. The Hall–Kier alpha value is -4.17. The van der Waals surface area contributed by atoms with E-state index in [0.717, 1.165) is 16.0 Å². The predicted octanol–water partition coefficient (Wildman–Crippen LogP) is 5.64. The van der Waals surface area contributed by atoms with E-state index in [1.54, 1.807) is 12.1 Å². The second-order valence-electron chi connectivity index (χ2n) is 9.09. The smallest absolute Gasteiger partial charge is 0.301 e. The number of hydrogen-bond donors (Lipinski definition) is 1. The Bertz CT molecular complexity index is 1580. The van der Waals surface area contributed by atoms with Gasteiger partial charge in [0.1, 0.15) is 23.4 Å². The molecule has 1 fully saturated rings. The van der Waals surface area contributed by atoms with Crippen molar-refractivity contribution in [2.75, 3.05) is 11.5 Å². The van der Waals surface area contributed by atoms with Crippen LogP contribution in [0.2, 0.25) is 0 Å². The minimum absolute atomic E-state index is 0.0392. The zero-order valence-electron chi connectivity index (χ0n) is 20.3. The Morgan fingerprint density at radius 1 is 1.14 bits per heavy atom. The van der Waals surface area contributed by atoms with E-state index in [9.17, 15) is 14.7 Å². The third-order valence-corrected chi connectivity index (χ3v) is 7.61. The number of ether oxygens (including phenoxy) is 2. The molecule has 1 amide bonds. The fraction of sp³-hybridized carbons (Fsp3) is 0.207. The molecule has 6 rings (SSSR count). The number of nitrogens with zero attached hydrogens (tertiary/aromatic N) is 2. The van der Waals surface area contributed by atoms with Gasteiger partial charge in [0.05, 0.1) is 28.4 Å². The van der Waals surface area contributed by atoms with Gasteiger partial charge in [-0.25, -0.2) is 4.98 Å². The Balaban J connectivity index is 1.50. The summed E-state index contributed by atoms with van der Waals surface area (Å²) in [6, 6.07) is 19.3. The fourth-order valence-corrected chi connectivity index (χ4v) is 5.98. The first-order valence-electron chi connectivity index (χ1n) is 12.1. The number of carbonyl (C=O) groups excluding carboxylic acids is 2. The van der Waals surface area contributed by atoms with Crippen LogP contribution in [-0.2, 0) is 16.0 Å². The van der Waals surface area contributed by atoms with Gasteiger partial charge in [0.2, 0.25) is 0 Å². The maximum absolute atomic E-state index is 13.5. The number of benzene rings is 3. The number of fused-ring (bicyclic) bond motifs is 2. The Kier molecular flexibility index (Phi) is 5.68. The average Bonchev–Trinajstić information content (AvgIpc) is 3.56. The number of rotatable bonds is 5. The molecule has 7 nitrogen and oxygen atoms in total. The minimum Gasteiger partial charge on any atom is -0.507 e. The Morgan fingerprint density at radius 2 is 1.95 bits per heavy atom. The molecular weight excluding hydrogens is 488 g/mol. The van der Waals surface area contributed by atoms with E-state index < -0.39 is 17.7 Å². The standard InChI is InChI=1S/C29H24N2O5S/c1-3-35-20-10-11-21-23(15-20)37-29(30-21)31-25(17-7-5-4-6-8-17)24(27(33)28(31)34)26(32)18-9-12-22-19(14-18)13-16(2)36-22/h4-12,14-16,25,32H,3,13H2,1-2H3/t16-,25-/m0/s1. The average molecular weight is 513 g/mol. The van der Waals surface area contributed by atoms with Crippen molar-refractivity contribution < 1.29 is 24.2 Å². The van der Waals surface area contributed by atoms with Crippen molar-refractivity contribution in [3.63, 3.8) is 0 Å². The first-order valence-corrected chi connectivity index (χ1v) is 13.0. The summed E-state index contributed by atoms with van der Waals surface area (Å²) >= 11 is 1.31. The summed E-state index contributed by atoms with van der Waals surface area (Å²) in [5.74, 6) is -0.202. The van der Waals surface area contributed by atoms with Gasteiger partial charge in [0, 0.05) is 12.0 Å². The predicted molar refractivity (Wildman–Crippen MR) is 142 cm³/mol. The molecule has 0 radical (unpaired) electrons. The zero-order valence-corrected chi connectivity index (χ0v) is 21.1. The zero-order chi connectivity index (χ0) is 25.7. The summed E-state index contributed by atoms with van der Waals surface area (Å²) < 4.78 is 12.2. The lowest BCUT2D eigenvalue weighted by atomic mass is 9.94. The molecule has 2 aliphatic rings. The van der Waals surface area contributed by atoms with Crippen LogP contribution in [0.1, 0.15) is 36.6 Å². The van der Waals surface area contributed by atoms with E-state index in [0.29, 0.717) is 40.6 Å². The maximum Gasteiger partial charge on any atom is 0.301 e. The number of aliphatic hydroxyl groups excluding tert-OH is 1. The number of anilines is 1. The third kappa shape index (κ3) is 3.94. The maximum atomic E-state index is 13.5. The molecule has 186 valence electrons. The van der Waals surface area contributed by atoms with Crippen molar-refractivity contribution in [2.24, 2.45) is 0 Å². The van der Waals surface area contributed by atoms with Crippen LogP contribution in [0, 0.1) is 0 Å². The molecule has 0 aliphatic carbocycles. The number of aliphatic hydroxyl groups is 1. The molecule has 0 bridgehead atoms. The quantitative estimate of drug-likeness (QED) is 0.211. The molecule has 0 spiro atoms. The van der Waals surface area contributed by atoms with Crippen LogP contribution in [0.25, 0.3) is 16.0 Å². The lowest BCUT2D eigenvalue weighted by Gasteiger charge is -2.23. The normalized spacial score (nSPS) is 20.3. The van der Waals surface area contributed by atoms with E-state index in [2.05, 4.69) is 4.98 Å². The highest BCUT2D eigenvalue weighted by Gasteiger charge is 2.48. The monoisotopic (exact) mass is 512 g/mol. The van der Waals surface area contributed by atoms with Gasteiger partial charge < -0.3 is 14.6 Å². The van der Waals surface area contributed by atoms with Crippen LogP contribution in [0.15, 0.2) is 72.3 Å². The summed E-state index contributed by atoms with van der Waals surface area (Å²) in [5.41, 5.74) is 2.87. The van der Waals surface area contributed by atoms with Crippen LogP contribution < -0.4 is 14.4 Å². The van der Waals surface area contributed by atoms with Crippen LogP contribution in [0.3, 0.4) is 0 Å². The summed E-state index contributed by atoms with van der Waals surface area (Å²) in [6.45, 7) is 4.43. The highest BCUT2D eigenvalue weighted by Crippen LogP contribution is 2.45. The van der Waals surface area contributed by atoms with Crippen LogP contribution in [-0.4, -0.2) is 34.5 Å². The molecule has 2 atom stereocenters. The van der Waals surface area contributed by atoms with Crippen molar-refractivity contribution >= 4 is 44.1 Å². The lowest BCUT2D eigenvalue weighted by Crippen LogP contribution is -2.29. The molecule has 3 heterocycles. The van der Waals surface area contributed by atoms with E-state index in [1.165, 1.54) is 16.2 Å². The van der Waals surface area contributed by atoms with Crippen molar-refractivity contribution in [3.05, 3.63) is 89.0 Å². The number of Topliss-reactive ketones (excluding diaryl/α,β-unsaturated/α-hetero) is 1. The van der Waals surface area contributed by atoms with Crippen LogP contribution in [0.5, 0.6) is 11.5 Å². The number of carbonyl (C=O) groups is 2. The SMILES string of the molecule is CCOc1ccc2nc(N3C(=O)C(=O)C(=C(O)c4ccc5c(c4)C[C@H](C)O5)[C@@H]3c3ccccc3)sc2c1. The fourth-order valence-electron chi connectivity index (χ4n) is 4.96. The second kappa shape index (κ2) is 9.05. The molecule has 8 heteroatoms. The molecule has 4 aromatic rings. The second-order valence-corrected chi connectivity index (χ2v) is 10.1. The van der Waals surface area contributed by atoms with E-state index in [-0.39, 0.29) is 17.4 Å². The summed E-state index contributed by atoms with van der Waals surface area (Å²) in [6.07, 6.45) is 0.757. The molecule has 2 aliphatic heterocycles. The van der Waals surface area contributed by atoms with E-state index >= 15 is 0 Å². The van der Waals surface area contributed by atoms with Gasteiger partial charge >= 0.3 is 5.91 Å². The molecule has 3 aromatic carbocycles. The van der Waals surface area contributed by atoms with Crippen molar-refractivity contribution in [1.29, 1.82) is 0 Å². The van der Waals surface area contributed by atoms with Crippen LogP contribution in [0.4, 0.5) is 5.13 Å².